The molecule has 6 aliphatic rings. The van der Waals surface area contributed by atoms with Gasteiger partial charge in [0.1, 0.15) is 12.3 Å². The Labute approximate surface area is 242 Å². The lowest BCUT2D eigenvalue weighted by atomic mass is 9.76. The Morgan fingerprint density at radius 2 is 2.02 bits per heavy atom. The first kappa shape index (κ1) is 28.4. The molecule has 0 spiro atoms. The van der Waals surface area contributed by atoms with E-state index in [9.17, 15) is 9.59 Å². The van der Waals surface area contributed by atoms with Crippen molar-refractivity contribution in [1.29, 1.82) is 0 Å². The molecule has 4 saturated heterocycles. The predicted octanol–water partition coefficient (Wildman–Crippen LogP) is 1.18. The fourth-order valence-corrected chi connectivity index (χ4v) is 8.06. The lowest BCUT2D eigenvalue weighted by Gasteiger charge is -2.59. The van der Waals surface area contributed by atoms with Crippen LogP contribution >= 0.6 is 0 Å². The van der Waals surface area contributed by atoms with E-state index in [-0.39, 0.29) is 48.3 Å². The van der Waals surface area contributed by atoms with E-state index in [0.29, 0.717) is 44.3 Å². The van der Waals surface area contributed by atoms with Crippen molar-refractivity contribution in [2.45, 2.75) is 89.2 Å². The van der Waals surface area contributed by atoms with Crippen molar-refractivity contribution in [1.82, 2.24) is 46.6 Å². The van der Waals surface area contributed by atoms with E-state index in [1.54, 1.807) is 4.90 Å². The van der Waals surface area contributed by atoms with Gasteiger partial charge in [0.05, 0.1) is 24.1 Å². The Morgan fingerprint density at radius 3 is 2.78 bits per heavy atom. The Hall–Kier alpha value is -2.67. The number of piperidine rings is 2. The number of allylic oxidation sites excluding steroid dienone is 2. The van der Waals surface area contributed by atoms with Crippen LogP contribution in [0.5, 0.6) is 0 Å². The Kier molecular flexibility index (Phi) is 8.01. The van der Waals surface area contributed by atoms with Gasteiger partial charge >= 0.3 is 6.03 Å². The van der Waals surface area contributed by atoms with Gasteiger partial charge in [-0.05, 0) is 50.6 Å². The van der Waals surface area contributed by atoms with Gasteiger partial charge in [-0.2, -0.15) is 0 Å². The molecule has 0 aromatic carbocycles. The molecule has 41 heavy (non-hydrogen) atoms. The molecule has 2 bridgehead atoms. The zero-order chi connectivity index (χ0) is 28.8. The maximum Gasteiger partial charge on any atom is 0.320 e. The second kappa shape index (κ2) is 11.5. The van der Waals surface area contributed by atoms with Crippen molar-refractivity contribution < 1.29 is 14.0 Å². The first-order valence-electron chi connectivity index (χ1n) is 15.3. The SMILES string of the molecule is C=CC(=O)N1CCN(C2NC(=O)N3C4NC(C(F)CC42)N2NNC=C2CC=CCC2CCNC(C(C)C)C23)[C@@H](C)C1. The van der Waals surface area contributed by atoms with Crippen molar-refractivity contribution in [3.05, 3.63) is 36.7 Å². The number of halogens is 1. The number of hydrazine groups is 2. The first-order valence-corrected chi connectivity index (χ1v) is 15.3. The van der Waals surface area contributed by atoms with E-state index in [0.717, 1.165) is 25.1 Å². The molecule has 9 atom stereocenters. The highest BCUT2D eigenvalue weighted by molar-refractivity contribution is 5.87. The fourth-order valence-electron chi connectivity index (χ4n) is 8.06. The van der Waals surface area contributed by atoms with Crippen LogP contribution in [0.15, 0.2) is 36.7 Å². The van der Waals surface area contributed by atoms with Crippen molar-refractivity contribution >= 4 is 11.9 Å². The van der Waals surface area contributed by atoms with Crippen LogP contribution in [0.25, 0.3) is 0 Å². The molecule has 0 aliphatic carbocycles. The standard InChI is InChI=1S/C29H46FN9O2/c1-5-23(40)36-12-13-37(18(4)16-36)26-21-14-22(30)28-33-27(21)38(29(41)34-26)25-19(10-11-31-24(25)17(2)3)8-6-7-9-20-15-32-35-39(20)28/h5-7,15,17-19,21-22,24-28,31-33,35H,1,8-14,16H2,2-4H3,(H,34,41)/t18-,19?,21?,22?,24?,25?,26?,27?,28?/m0/s1. The van der Waals surface area contributed by atoms with Crippen molar-refractivity contribution in [2.75, 3.05) is 26.2 Å². The molecule has 8 unspecified atom stereocenters. The van der Waals surface area contributed by atoms with Gasteiger partial charge in [-0.25, -0.2) is 9.18 Å². The van der Waals surface area contributed by atoms with Gasteiger partial charge in [0, 0.05) is 50.3 Å². The first-order chi connectivity index (χ1) is 19.8. The molecule has 226 valence electrons. The highest BCUT2D eigenvalue weighted by Crippen LogP contribution is 2.40. The zero-order valence-corrected chi connectivity index (χ0v) is 24.4. The molecule has 4 fully saturated rings. The average Bonchev–Trinajstić information content (AvgIpc) is 3.42. The van der Waals surface area contributed by atoms with E-state index in [4.69, 9.17) is 0 Å². The summed E-state index contributed by atoms with van der Waals surface area (Å²) >= 11 is 0. The smallest absolute Gasteiger partial charge is 0.320 e. The third-order valence-corrected chi connectivity index (χ3v) is 10.0. The molecule has 6 rings (SSSR count). The molecule has 6 aliphatic heterocycles. The van der Waals surface area contributed by atoms with Crippen LogP contribution < -0.4 is 26.9 Å². The van der Waals surface area contributed by atoms with Crippen LogP contribution in [0.2, 0.25) is 0 Å². The summed E-state index contributed by atoms with van der Waals surface area (Å²) in [7, 11) is 0. The monoisotopic (exact) mass is 571 g/mol. The van der Waals surface area contributed by atoms with Crippen LogP contribution in [0.1, 0.15) is 46.5 Å². The summed E-state index contributed by atoms with van der Waals surface area (Å²) in [4.78, 5) is 32.7. The maximum atomic E-state index is 16.3. The van der Waals surface area contributed by atoms with Crippen LogP contribution in [0, 0.1) is 17.8 Å². The quantitative estimate of drug-likeness (QED) is 0.254. The predicted molar refractivity (Wildman–Crippen MR) is 154 cm³/mol. The molecule has 3 amide bonds. The number of carbonyl (C=O) groups excluding carboxylic acids is 2. The van der Waals surface area contributed by atoms with Crippen molar-refractivity contribution in [3.63, 3.8) is 0 Å². The third-order valence-electron chi connectivity index (χ3n) is 10.0. The molecule has 11 nitrogen and oxygen atoms in total. The minimum atomic E-state index is -1.17. The highest BCUT2D eigenvalue weighted by Gasteiger charge is 2.56. The van der Waals surface area contributed by atoms with Gasteiger partial charge in [-0.3, -0.25) is 20.0 Å². The summed E-state index contributed by atoms with van der Waals surface area (Å²) in [5, 5.41) is 12.6. The van der Waals surface area contributed by atoms with Gasteiger partial charge < -0.3 is 25.9 Å². The van der Waals surface area contributed by atoms with Crippen LogP contribution in [-0.2, 0) is 4.79 Å². The number of hydrogen-bond acceptors (Lipinski definition) is 8. The summed E-state index contributed by atoms with van der Waals surface area (Å²) in [6.45, 7) is 12.8. The maximum absolute atomic E-state index is 16.3. The Morgan fingerprint density at radius 1 is 1.20 bits per heavy atom. The van der Waals surface area contributed by atoms with Crippen LogP contribution in [0.4, 0.5) is 9.18 Å². The molecule has 0 aromatic rings. The normalized spacial score (nSPS) is 39.5. The second-order valence-corrected chi connectivity index (χ2v) is 12.8. The number of urea groups is 1. The van der Waals surface area contributed by atoms with E-state index in [1.165, 1.54) is 6.08 Å². The number of alkyl halides is 1. The number of amides is 3. The molecule has 5 N–H and O–H groups in total. The summed E-state index contributed by atoms with van der Waals surface area (Å²) < 4.78 is 16.3. The van der Waals surface area contributed by atoms with Crippen LogP contribution in [-0.4, -0.2) is 101 Å². The van der Waals surface area contributed by atoms with Gasteiger partial charge in [0.2, 0.25) is 5.91 Å². The van der Waals surface area contributed by atoms with Crippen LogP contribution in [0.3, 0.4) is 0 Å². The number of nitrogens with one attached hydrogen (secondary N) is 5. The van der Waals surface area contributed by atoms with E-state index in [1.807, 2.05) is 16.1 Å². The van der Waals surface area contributed by atoms with Gasteiger partial charge in [0.25, 0.3) is 0 Å². The van der Waals surface area contributed by atoms with Gasteiger partial charge in [0.15, 0.2) is 0 Å². The number of nitrogens with zero attached hydrogens (tertiary/aromatic N) is 4. The molecule has 0 saturated carbocycles. The molecule has 0 aromatic heterocycles. The topological polar surface area (TPSA) is 107 Å². The average molecular weight is 572 g/mol. The molecule has 6 heterocycles. The molecular formula is C29H46FN9O2. The Bertz CT molecular complexity index is 1080. The van der Waals surface area contributed by atoms with Gasteiger partial charge in [-0.1, -0.05) is 32.6 Å². The molecule has 0 radical (unpaired) electrons. The van der Waals surface area contributed by atoms with E-state index < -0.39 is 12.3 Å². The minimum Gasteiger partial charge on any atom is -0.336 e. The summed E-state index contributed by atoms with van der Waals surface area (Å²) in [6, 6.07) is -0.0102. The number of hydrogen-bond donors (Lipinski definition) is 5. The number of carbonyl (C=O) groups is 2. The summed E-state index contributed by atoms with van der Waals surface area (Å²) in [6.07, 6.45) is 8.02. The molecular weight excluding hydrogens is 525 g/mol. The fraction of sp³-hybridized carbons (Fsp3) is 0.724. The van der Waals surface area contributed by atoms with Crippen molar-refractivity contribution in [2.24, 2.45) is 17.8 Å². The molecule has 12 heteroatoms. The Balaban J connectivity index is 1.37. The third kappa shape index (κ3) is 5.13. The van der Waals surface area contributed by atoms with Crippen molar-refractivity contribution in [3.8, 4) is 0 Å². The lowest BCUT2D eigenvalue weighted by molar-refractivity contribution is -0.132. The highest BCUT2D eigenvalue weighted by atomic mass is 19.1. The lowest BCUT2D eigenvalue weighted by Crippen LogP contribution is -2.80. The zero-order valence-electron chi connectivity index (χ0n) is 24.4. The summed E-state index contributed by atoms with van der Waals surface area (Å²) in [5.74, 6) is 0.357. The van der Waals surface area contributed by atoms with E-state index in [2.05, 4.69) is 71.3 Å². The van der Waals surface area contributed by atoms with E-state index >= 15 is 4.39 Å². The number of fused-ring (bicyclic) bond motifs is 5. The summed E-state index contributed by atoms with van der Waals surface area (Å²) in [5.41, 5.74) is 7.14. The number of piperazine rings is 1. The second-order valence-electron chi connectivity index (χ2n) is 12.8. The van der Waals surface area contributed by atoms with Gasteiger partial charge in [-0.15, -0.1) is 5.53 Å². The number of rotatable bonds is 3. The minimum absolute atomic E-state index is 0.00293. The largest absolute Gasteiger partial charge is 0.336 e.